The fourth-order valence-electron chi connectivity index (χ4n) is 3.78. The minimum Gasteiger partial charge on any atom is -0.507 e. The number of carbonyl (C=O) groups is 2. The standard InChI is InChI=1S/C26H27BrN2O5/c1-26(2,16-6-5-9-23(31)29-33)24(34-25(32)28-18-12-10-17(27)11-13-18)21-14-15-22(30)20-8-4-3-7-19(20)21/h3-5,7-15,24,30,33H,6,16H2,1-2H3,(H,28,32)(H,29,31)/b9-5+/t24-/m0/s1. The summed E-state index contributed by atoms with van der Waals surface area (Å²) in [5.74, 6) is -0.461. The van der Waals surface area contributed by atoms with Gasteiger partial charge in [0.1, 0.15) is 11.9 Å². The number of aromatic hydroxyl groups is 1. The zero-order valence-electron chi connectivity index (χ0n) is 18.9. The van der Waals surface area contributed by atoms with Crippen LogP contribution in [-0.2, 0) is 9.53 Å². The van der Waals surface area contributed by atoms with Crippen LogP contribution in [0.3, 0.4) is 0 Å². The van der Waals surface area contributed by atoms with Gasteiger partial charge >= 0.3 is 6.09 Å². The van der Waals surface area contributed by atoms with Crippen molar-refractivity contribution >= 4 is 44.4 Å². The monoisotopic (exact) mass is 526 g/mol. The van der Waals surface area contributed by atoms with Crippen molar-refractivity contribution in [2.75, 3.05) is 5.32 Å². The molecule has 4 N–H and O–H groups in total. The maximum Gasteiger partial charge on any atom is 0.412 e. The van der Waals surface area contributed by atoms with Crippen LogP contribution in [-0.4, -0.2) is 22.3 Å². The predicted octanol–water partition coefficient (Wildman–Crippen LogP) is 6.47. The number of hydrogen-bond acceptors (Lipinski definition) is 5. The third-order valence-electron chi connectivity index (χ3n) is 5.58. The second-order valence-electron chi connectivity index (χ2n) is 8.54. The Hall–Kier alpha value is -3.36. The summed E-state index contributed by atoms with van der Waals surface area (Å²) in [7, 11) is 0. The molecule has 1 atom stereocenters. The minimum atomic E-state index is -0.659. The third-order valence-corrected chi connectivity index (χ3v) is 6.11. The van der Waals surface area contributed by atoms with E-state index in [2.05, 4.69) is 21.2 Å². The Labute approximate surface area is 206 Å². The molecule has 0 aromatic heterocycles. The van der Waals surface area contributed by atoms with E-state index in [9.17, 15) is 14.7 Å². The summed E-state index contributed by atoms with van der Waals surface area (Å²) < 4.78 is 6.89. The van der Waals surface area contributed by atoms with Gasteiger partial charge in [-0.1, -0.05) is 66.2 Å². The van der Waals surface area contributed by atoms with Crippen LogP contribution >= 0.6 is 15.9 Å². The van der Waals surface area contributed by atoms with E-state index in [4.69, 9.17) is 9.94 Å². The van der Waals surface area contributed by atoms with Crippen LogP contribution in [0.5, 0.6) is 5.75 Å². The fraction of sp³-hybridized carbons (Fsp3) is 0.231. The molecule has 3 aromatic carbocycles. The molecule has 0 radical (unpaired) electrons. The van der Waals surface area contributed by atoms with E-state index in [1.54, 1.807) is 35.8 Å². The zero-order valence-corrected chi connectivity index (χ0v) is 20.5. The summed E-state index contributed by atoms with van der Waals surface area (Å²) in [5.41, 5.74) is 2.38. The SMILES string of the molecule is CC(C)(CC/C=C/C(=O)NO)[C@@H](OC(=O)Nc1ccc(Br)cc1)c1ccc(O)c2ccccc12. The Morgan fingerprint density at radius 2 is 1.74 bits per heavy atom. The van der Waals surface area contributed by atoms with Crippen LogP contribution in [0.4, 0.5) is 10.5 Å². The topological polar surface area (TPSA) is 108 Å². The van der Waals surface area contributed by atoms with Crippen molar-refractivity contribution < 1.29 is 24.6 Å². The summed E-state index contributed by atoms with van der Waals surface area (Å²) in [6.45, 7) is 3.96. The lowest BCUT2D eigenvalue weighted by Gasteiger charge is -2.35. The number of carbonyl (C=O) groups excluding carboxylic acids is 2. The normalized spacial score (nSPS) is 12.5. The van der Waals surface area contributed by atoms with Crippen molar-refractivity contribution in [2.45, 2.75) is 32.8 Å². The van der Waals surface area contributed by atoms with Gasteiger partial charge in [0.25, 0.3) is 5.91 Å². The van der Waals surface area contributed by atoms with Crippen molar-refractivity contribution in [1.82, 2.24) is 5.48 Å². The average molecular weight is 527 g/mol. The van der Waals surface area contributed by atoms with Crippen LogP contribution in [0.15, 0.2) is 77.3 Å². The molecule has 7 nitrogen and oxygen atoms in total. The molecule has 2 amide bonds. The Kier molecular flexibility index (Phi) is 8.31. The first-order chi connectivity index (χ1) is 16.2. The maximum atomic E-state index is 12.9. The molecule has 3 rings (SSSR count). The van der Waals surface area contributed by atoms with Gasteiger partial charge < -0.3 is 9.84 Å². The lowest BCUT2D eigenvalue weighted by Crippen LogP contribution is -2.29. The van der Waals surface area contributed by atoms with Gasteiger partial charge in [-0.2, -0.15) is 0 Å². The van der Waals surface area contributed by atoms with Crippen LogP contribution in [0.2, 0.25) is 0 Å². The Morgan fingerprint density at radius 1 is 1.06 bits per heavy atom. The van der Waals surface area contributed by atoms with Crippen molar-refractivity contribution in [3.8, 4) is 5.75 Å². The number of halogens is 1. The van der Waals surface area contributed by atoms with Crippen molar-refractivity contribution in [1.29, 1.82) is 0 Å². The van der Waals surface area contributed by atoms with E-state index in [0.717, 1.165) is 15.4 Å². The minimum absolute atomic E-state index is 0.146. The number of fused-ring (bicyclic) bond motifs is 1. The van der Waals surface area contributed by atoms with E-state index >= 15 is 0 Å². The molecule has 0 aliphatic rings. The molecule has 0 aliphatic heterocycles. The first-order valence-electron chi connectivity index (χ1n) is 10.8. The second-order valence-corrected chi connectivity index (χ2v) is 9.46. The molecular weight excluding hydrogens is 500 g/mol. The van der Waals surface area contributed by atoms with E-state index in [1.807, 2.05) is 50.2 Å². The largest absolute Gasteiger partial charge is 0.507 e. The summed E-state index contributed by atoms with van der Waals surface area (Å²) >= 11 is 3.37. The van der Waals surface area contributed by atoms with Crippen molar-refractivity contribution in [3.63, 3.8) is 0 Å². The number of amides is 2. The van der Waals surface area contributed by atoms with Crippen LogP contribution in [0.25, 0.3) is 10.8 Å². The van der Waals surface area contributed by atoms with Gasteiger partial charge in [-0.05, 0) is 48.6 Å². The quantitative estimate of drug-likeness (QED) is 0.153. The van der Waals surface area contributed by atoms with Gasteiger partial charge in [0.2, 0.25) is 0 Å². The molecule has 0 aliphatic carbocycles. The van der Waals surface area contributed by atoms with E-state index in [0.29, 0.717) is 23.9 Å². The molecule has 0 spiro atoms. The number of phenols is 1. The lowest BCUT2D eigenvalue weighted by atomic mass is 9.77. The van der Waals surface area contributed by atoms with Gasteiger partial charge in [-0.3, -0.25) is 15.3 Å². The number of anilines is 1. The number of allylic oxidation sites excluding steroid dienone is 1. The number of hydrogen-bond donors (Lipinski definition) is 4. The molecule has 34 heavy (non-hydrogen) atoms. The van der Waals surface area contributed by atoms with Crippen LogP contribution < -0.4 is 10.8 Å². The van der Waals surface area contributed by atoms with Crippen molar-refractivity contribution in [3.05, 3.63) is 82.9 Å². The third kappa shape index (κ3) is 6.36. The highest BCUT2D eigenvalue weighted by Crippen LogP contribution is 2.44. The molecule has 0 saturated heterocycles. The first kappa shape index (κ1) is 25.3. The Balaban J connectivity index is 1.92. The van der Waals surface area contributed by atoms with Gasteiger partial charge in [0, 0.05) is 32.6 Å². The zero-order chi connectivity index (χ0) is 24.7. The molecule has 0 saturated carbocycles. The van der Waals surface area contributed by atoms with Gasteiger partial charge in [0.15, 0.2) is 0 Å². The number of hydroxylamine groups is 1. The molecule has 0 unspecified atom stereocenters. The van der Waals surface area contributed by atoms with E-state index in [-0.39, 0.29) is 5.75 Å². The molecular formula is C26H27BrN2O5. The highest BCUT2D eigenvalue weighted by molar-refractivity contribution is 9.10. The van der Waals surface area contributed by atoms with E-state index in [1.165, 1.54) is 6.08 Å². The molecule has 178 valence electrons. The number of nitrogens with one attached hydrogen (secondary N) is 2. The molecule has 0 heterocycles. The highest BCUT2D eigenvalue weighted by atomic mass is 79.9. The Morgan fingerprint density at radius 3 is 2.41 bits per heavy atom. The number of ether oxygens (including phenoxy) is 1. The highest BCUT2D eigenvalue weighted by Gasteiger charge is 2.35. The molecule has 0 bridgehead atoms. The maximum absolute atomic E-state index is 12.9. The van der Waals surface area contributed by atoms with Crippen molar-refractivity contribution in [2.24, 2.45) is 5.41 Å². The van der Waals surface area contributed by atoms with Gasteiger partial charge in [0.05, 0.1) is 0 Å². The molecule has 8 heteroatoms. The predicted molar refractivity (Wildman–Crippen MR) is 135 cm³/mol. The van der Waals surface area contributed by atoms with Gasteiger partial charge in [-0.15, -0.1) is 0 Å². The summed E-state index contributed by atoms with van der Waals surface area (Å²) in [5, 5.41) is 23.2. The number of phenolic OH excluding ortho intramolecular Hbond substituents is 1. The van der Waals surface area contributed by atoms with Crippen LogP contribution in [0, 0.1) is 5.41 Å². The number of rotatable bonds is 8. The molecule has 0 fully saturated rings. The average Bonchev–Trinajstić information content (AvgIpc) is 2.82. The summed E-state index contributed by atoms with van der Waals surface area (Å²) in [6.07, 6.45) is 2.74. The second kappa shape index (κ2) is 11.2. The van der Waals surface area contributed by atoms with Gasteiger partial charge in [-0.25, -0.2) is 10.3 Å². The fourth-order valence-corrected chi connectivity index (χ4v) is 4.05. The number of benzene rings is 3. The lowest BCUT2D eigenvalue weighted by molar-refractivity contribution is -0.124. The smallest absolute Gasteiger partial charge is 0.412 e. The Bertz CT molecular complexity index is 1190. The summed E-state index contributed by atoms with van der Waals surface area (Å²) in [6, 6.07) is 17.9. The molecule has 3 aromatic rings. The van der Waals surface area contributed by atoms with E-state index < -0.39 is 23.5 Å². The first-order valence-corrected chi connectivity index (χ1v) is 11.5. The van der Waals surface area contributed by atoms with Crippen LogP contribution in [0.1, 0.15) is 38.4 Å². The summed E-state index contributed by atoms with van der Waals surface area (Å²) in [4.78, 5) is 24.2.